The molecule has 0 aliphatic rings. The highest BCUT2D eigenvalue weighted by molar-refractivity contribution is 7.20. The van der Waals surface area contributed by atoms with Crippen molar-refractivity contribution >= 4 is 67.8 Å². The second-order valence-corrected chi connectivity index (χ2v) is 22.0. The summed E-state index contributed by atoms with van der Waals surface area (Å²) < 4.78 is 0. The van der Waals surface area contributed by atoms with E-state index in [-0.39, 0.29) is 0 Å². The standard InChI is InChI=1S/C76H66N2S/c1-51-19-39-67(40-20-51)77(68-41-21-52(2)22-42-68)71-47-35-61(36-48-71)57(7)55(5)59-27-31-65(32-28-59)75-73(63-15-11-9-12-16-63)74(64-17-13-10-14-18-64)76(79-75)66-33-29-60(30-34-66)56(6)58(8)62-37-49-72(50-38-62)78(69-43-23-53(3)24-44-69)70-45-25-54(4)26-46-70/h9-50H,1-8H3/b57-55+,58-56+. The first-order valence-corrected chi connectivity index (χ1v) is 28.2. The van der Waals surface area contributed by atoms with Crippen molar-refractivity contribution in [3.63, 3.8) is 0 Å². The van der Waals surface area contributed by atoms with Gasteiger partial charge in [-0.1, -0.05) is 204 Å². The van der Waals surface area contributed by atoms with Crippen molar-refractivity contribution in [3.05, 3.63) is 299 Å². The lowest BCUT2D eigenvalue weighted by Gasteiger charge is -2.26. The Kier molecular flexibility index (Phi) is 15.1. The van der Waals surface area contributed by atoms with Gasteiger partial charge in [0.05, 0.1) is 0 Å². The van der Waals surface area contributed by atoms with Crippen molar-refractivity contribution in [2.75, 3.05) is 9.80 Å². The van der Waals surface area contributed by atoms with E-state index in [1.807, 2.05) is 11.3 Å². The average Bonchev–Trinajstić information content (AvgIpc) is 4.09. The zero-order chi connectivity index (χ0) is 54.6. The number of rotatable bonds is 14. The van der Waals surface area contributed by atoms with E-state index >= 15 is 0 Å². The molecule has 0 radical (unpaired) electrons. The van der Waals surface area contributed by atoms with Crippen molar-refractivity contribution < 1.29 is 0 Å². The Morgan fingerprint density at radius 2 is 0.456 bits per heavy atom. The van der Waals surface area contributed by atoms with Crippen LogP contribution in [0.3, 0.4) is 0 Å². The maximum atomic E-state index is 2.33. The van der Waals surface area contributed by atoms with E-state index in [0.717, 1.165) is 34.1 Å². The summed E-state index contributed by atoms with van der Waals surface area (Å²) in [6.07, 6.45) is 0. The lowest BCUT2D eigenvalue weighted by molar-refractivity contribution is 1.27. The van der Waals surface area contributed by atoms with Crippen LogP contribution in [0.4, 0.5) is 34.1 Å². The van der Waals surface area contributed by atoms with Crippen LogP contribution in [0.5, 0.6) is 0 Å². The molecule has 3 heteroatoms. The predicted molar refractivity (Wildman–Crippen MR) is 344 cm³/mol. The van der Waals surface area contributed by atoms with Crippen molar-refractivity contribution in [3.8, 4) is 43.1 Å². The Labute approximate surface area is 472 Å². The fourth-order valence-electron chi connectivity index (χ4n) is 10.6. The quantitative estimate of drug-likeness (QED) is 0.100. The molecule has 0 aliphatic carbocycles. The Morgan fingerprint density at radius 3 is 0.696 bits per heavy atom. The fourth-order valence-corrected chi connectivity index (χ4v) is 12.0. The molecule has 0 unspecified atom stereocenters. The van der Waals surface area contributed by atoms with Gasteiger partial charge >= 0.3 is 0 Å². The smallest absolute Gasteiger partial charge is 0.0462 e. The van der Waals surface area contributed by atoms with Crippen LogP contribution < -0.4 is 9.80 Å². The molecule has 0 saturated heterocycles. The summed E-state index contributed by atoms with van der Waals surface area (Å²) in [6.45, 7) is 17.5. The second kappa shape index (κ2) is 22.9. The molecule has 0 aliphatic heterocycles. The first-order chi connectivity index (χ1) is 38.5. The zero-order valence-corrected chi connectivity index (χ0v) is 47.4. The number of hydrogen-bond acceptors (Lipinski definition) is 3. The summed E-state index contributed by atoms with van der Waals surface area (Å²) in [6, 6.07) is 93.5. The molecule has 11 aromatic rings. The number of nitrogens with zero attached hydrogens (tertiary/aromatic N) is 2. The molecule has 79 heavy (non-hydrogen) atoms. The monoisotopic (exact) mass is 1040 g/mol. The van der Waals surface area contributed by atoms with Gasteiger partial charge in [-0.25, -0.2) is 0 Å². The fraction of sp³-hybridized carbons (Fsp3) is 0.105. The third-order valence-corrected chi connectivity index (χ3v) is 16.9. The molecule has 1 heterocycles. The molecule has 11 rings (SSSR count). The number of allylic oxidation sites excluding steroid dienone is 4. The van der Waals surface area contributed by atoms with Gasteiger partial charge in [0.1, 0.15) is 0 Å². The van der Waals surface area contributed by atoms with Crippen molar-refractivity contribution in [1.82, 2.24) is 0 Å². The summed E-state index contributed by atoms with van der Waals surface area (Å²) in [5.41, 5.74) is 29.0. The predicted octanol–water partition coefficient (Wildman–Crippen LogP) is 22.5. The van der Waals surface area contributed by atoms with Crippen molar-refractivity contribution in [1.29, 1.82) is 0 Å². The molecule has 0 bridgehead atoms. The summed E-state index contributed by atoms with van der Waals surface area (Å²) in [5.74, 6) is 0. The van der Waals surface area contributed by atoms with Gasteiger partial charge in [0.25, 0.3) is 0 Å². The molecule has 0 atom stereocenters. The van der Waals surface area contributed by atoms with Gasteiger partial charge in [0, 0.05) is 55.0 Å². The van der Waals surface area contributed by atoms with Gasteiger partial charge in [0.15, 0.2) is 0 Å². The molecular weight excluding hydrogens is 973 g/mol. The van der Waals surface area contributed by atoms with Crippen LogP contribution in [0.1, 0.15) is 72.2 Å². The lowest BCUT2D eigenvalue weighted by atomic mass is 9.90. The van der Waals surface area contributed by atoms with Gasteiger partial charge in [-0.3, -0.25) is 0 Å². The Balaban J connectivity index is 0.906. The number of hydrogen-bond donors (Lipinski definition) is 0. The van der Waals surface area contributed by atoms with E-state index < -0.39 is 0 Å². The first kappa shape index (κ1) is 52.1. The van der Waals surface area contributed by atoms with Gasteiger partial charge in [-0.2, -0.15) is 0 Å². The summed E-state index contributed by atoms with van der Waals surface area (Å²) in [4.78, 5) is 7.19. The molecule has 386 valence electrons. The minimum absolute atomic E-state index is 1.13. The van der Waals surface area contributed by atoms with E-state index in [2.05, 4.69) is 320 Å². The third-order valence-electron chi connectivity index (χ3n) is 15.6. The van der Waals surface area contributed by atoms with Crippen LogP contribution in [0.25, 0.3) is 65.4 Å². The van der Waals surface area contributed by atoms with Crippen LogP contribution in [0.2, 0.25) is 0 Å². The van der Waals surface area contributed by atoms with Crippen LogP contribution in [0, 0.1) is 27.7 Å². The molecule has 0 saturated carbocycles. The zero-order valence-electron chi connectivity index (χ0n) is 46.6. The Hall–Kier alpha value is -9.02. The molecule has 2 nitrogen and oxygen atoms in total. The molecule has 0 fully saturated rings. The Morgan fingerprint density at radius 1 is 0.241 bits per heavy atom. The number of benzene rings is 10. The van der Waals surface area contributed by atoms with E-state index in [1.165, 1.54) is 110 Å². The number of anilines is 6. The average molecular weight is 1040 g/mol. The van der Waals surface area contributed by atoms with Crippen LogP contribution in [-0.2, 0) is 0 Å². The van der Waals surface area contributed by atoms with Gasteiger partial charge in [-0.15, -0.1) is 11.3 Å². The summed E-state index contributed by atoms with van der Waals surface area (Å²) >= 11 is 1.89. The van der Waals surface area contributed by atoms with Crippen LogP contribution >= 0.6 is 11.3 Å². The first-order valence-electron chi connectivity index (χ1n) is 27.4. The van der Waals surface area contributed by atoms with Crippen molar-refractivity contribution in [2.24, 2.45) is 0 Å². The van der Waals surface area contributed by atoms with Gasteiger partial charge in [0.2, 0.25) is 0 Å². The molecular formula is C76H66N2S. The SMILES string of the molecule is C/C(=C(/C)c1ccc(N(c2ccc(C)cc2)c2ccc(C)cc2)cc1)c1ccc(-c2sc(-c3ccc(/C(C)=C(\C)c4ccc(N(c5ccc(C)cc5)c5ccc(C)cc5)cc4)cc3)c(-c3ccccc3)c2-c2ccccc2)cc1. The second-order valence-electron chi connectivity index (χ2n) is 21.0. The maximum absolute atomic E-state index is 2.33. The highest BCUT2D eigenvalue weighted by Crippen LogP contribution is 2.52. The van der Waals surface area contributed by atoms with Crippen molar-refractivity contribution in [2.45, 2.75) is 55.4 Å². The van der Waals surface area contributed by atoms with E-state index in [4.69, 9.17) is 0 Å². The molecule has 0 spiro atoms. The van der Waals surface area contributed by atoms with Gasteiger partial charge in [-0.05, 0) is 195 Å². The van der Waals surface area contributed by atoms with Crippen LogP contribution in [-0.4, -0.2) is 0 Å². The highest BCUT2D eigenvalue weighted by Gasteiger charge is 2.24. The van der Waals surface area contributed by atoms with E-state index in [1.54, 1.807) is 0 Å². The maximum Gasteiger partial charge on any atom is 0.0462 e. The number of aryl methyl sites for hydroxylation is 4. The minimum atomic E-state index is 1.13. The Bertz CT molecular complexity index is 3570. The minimum Gasteiger partial charge on any atom is -0.311 e. The molecule has 0 amide bonds. The lowest BCUT2D eigenvalue weighted by Crippen LogP contribution is -2.10. The van der Waals surface area contributed by atoms with Gasteiger partial charge < -0.3 is 9.80 Å². The largest absolute Gasteiger partial charge is 0.311 e. The molecule has 1 aromatic heterocycles. The highest BCUT2D eigenvalue weighted by atomic mass is 32.1. The molecule has 10 aromatic carbocycles. The number of thiophene rings is 1. The van der Waals surface area contributed by atoms with E-state index in [9.17, 15) is 0 Å². The van der Waals surface area contributed by atoms with Crippen LogP contribution in [0.15, 0.2) is 255 Å². The summed E-state index contributed by atoms with van der Waals surface area (Å²) in [7, 11) is 0. The van der Waals surface area contributed by atoms with E-state index in [0.29, 0.717) is 0 Å². The topological polar surface area (TPSA) is 6.48 Å². The third kappa shape index (κ3) is 11.1. The normalized spacial score (nSPS) is 11.9. The summed E-state index contributed by atoms with van der Waals surface area (Å²) in [5, 5.41) is 0. The molecule has 0 N–H and O–H groups in total.